The van der Waals surface area contributed by atoms with Crippen LogP contribution in [0.1, 0.15) is 23.6 Å². The molecule has 23 heavy (non-hydrogen) atoms. The largest absolute Gasteiger partial charge is 0.345 e. The van der Waals surface area contributed by atoms with Crippen molar-refractivity contribution < 1.29 is 8.42 Å². The van der Waals surface area contributed by atoms with Gasteiger partial charge in [-0.05, 0) is 42.4 Å². The Morgan fingerprint density at radius 2 is 2.09 bits per heavy atom. The molecule has 0 aromatic carbocycles. The Morgan fingerprint density at radius 3 is 2.83 bits per heavy atom. The highest BCUT2D eigenvalue weighted by atomic mass is 35.5. The van der Waals surface area contributed by atoms with Gasteiger partial charge in [0.05, 0.1) is 5.02 Å². The number of rotatable bonds is 4. The van der Waals surface area contributed by atoms with Gasteiger partial charge < -0.3 is 4.98 Å². The van der Waals surface area contributed by atoms with Gasteiger partial charge in [0, 0.05) is 16.5 Å². The molecule has 0 saturated heterocycles. The molecule has 1 fully saturated rings. The van der Waals surface area contributed by atoms with Gasteiger partial charge in [-0.1, -0.05) is 23.2 Å². The number of sulfonamides is 1. The number of hydrogen-bond donors (Lipinski definition) is 2. The van der Waals surface area contributed by atoms with Crippen LogP contribution in [-0.4, -0.2) is 22.8 Å². The zero-order valence-electron chi connectivity index (χ0n) is 11.5. The molecule has 0 radical (unpaired) electrons. The fraction of sp³-hybridized carbons (Fsp3) is 0.231. The second-order valence-electron chi connectivity index (χ2n) is 5.27. The summed E-state index contributed by atoms with van der Waals surface area (Å²) in [6, 6.07) is 3.14. The number of H-pyrrole nitrogens is 1. The molecule has 0 unspecified atom stereocenters. The quantitative estimate of drug-likeness (QED) is 0.660. The molecule has 120 valence electrons. The van der Waals surface area contributed by atoms with Crippen LogP contribution < -0.4 is 4.72 Å². The lowest BCUT2D eigenvalue weighted by Gasteiger charge is -2.05. The molecule has 6 nitrogen and oxygen atoms in total. The predicted molar refractivity (Wildman–Crippen MR) is 91.0 cm³/mol. The van der Waals surface area contributed by atoms with Crippen LogP contribution >= 0.6 is 34.7 Å². The van der Waals surface area contributed by atoms with Gasteiger partial charge in [0.25, 0.3) is 10.0 Å². The molecule has 0 bridgehead atoms. The Labute approximate surface area is 146 Å². The van der Waals surface area contributed by atoms with Gasteiger partial charge in [0.1, 0.15) is 15.7 Å². The number of anilines is 1. The zero-order valence-corrected chi connectivity index (χ0v) is 14.7. The Balaban J connectivity index is 1.72. The smallest absolute Gasteiger partial charge is 0.265 e. The number of nitrogens with zero attached hydrogens (tertiary/aromatic N) is 2. The van der Waals surface area contributed by atoms with Crippen molar-refractivity contribution in [3.05, 3.63) is 33.4 Å². The SMILES string of the molecule is O=S(=O)(Nc1nsc(C2CC2)c1Cl)c1c[nH]c2nc(Cl)ccc12. The highest BCUT2D eigenvalue weighted by molar-refractivity contribution is 7.93. The first kappa shape index (κ1) is 15.2. The van der Waals surface area contributed by atoms with Crippen LogP contribution in [-0.2, 0) is 10.0 Å². The molecular formula is C13H10Cl2N4O2S2. The number of aromatic amines is 1. The second-order valence-corrected chi connectivity index (χ2v) is 8.49. The summed E-state index contributed by atoms with van der Waals surface area (Å²) in [5.41, 5.74) is 0.404. The van der Waals surface area contributed by atoms with E-state index in [-0.39, 0.29) is 15.9 Å². The Kier molecular flexibility index (Phi) is 3.53. The van der Waals surface area contributed by atoms with E-state index in [2.05, 4.69) is 19.1 Å². The molecule has 0 spiro atoms. The van der Waals surface area contributed by atoms with Crippen LogP contribution in [0.15, 0.2) is 23.2 Å². The minimum Gasteiger partial charge on any atom is -0.345 e. The van der Waals surface area contributed by atoms with Gasteiger partial charge >= 0.3 is 0 Å². The number of nitrogens with one attached hydrogen (secondary N) is 2. The number of hydrogen-bond acceptors (Lipinski definition) is 5. The van der Waals surface area contributed by atoms with E-state index in [0.29, 0.717) is 22.0 Å². The lowest BCUT2D eigenvalue weighted by molar-refractivity contribution is 0.602. The Bertz CT molecular complexity index is 1010. The Hall–Kier alpha value is -1.35. The molecule has 2 N–H and O–H groups in total. The highest BCUT2D eigenvalue weighted by Crippen LogP contribution is 2.47. The van der Waals surface area contributed by atoms with Gasteiger partial charge in [-0.15, -0.1) is 0 Å². The van der Waals surface area contributed by atoms with Crippen LogP contribution in [0.3, 0.4) is 0 Å². The number of halogens is 2. The van der Waals surface area contributed by atoms with E-state index < -0.39 is 10.0 Å². The van der Waals surface area contributed by atoms with E-state index in [4.69, 9.17) is 23.2 Å². The van der Waals surface area contributed by atoms with E-state index in [1.165, 1.54) is 23.8 Å². The molecule has 4 rings (SSSR count). The molecule has 1 aliphatic carbocycles. The summed E-state index contributed by atoms with van der Waals surface area (Å²) in [5.74, 6) is 0.590. The number of pyridine rings is 1. The van der Waals surface area contributed by atoms with Crippen molar-refractivity contribution in [1.29, 1.82) is 0 Å². The first-order valence-corrected chi connectivity index (χ1v) is 9.78. The minimum atomic E-state index is -3.83. The Morgan fingerprint density at radius 1 is 1.30 bits per heavy atom. The molecule has 3 aromatic rings. The summed E-state index contributed by atoms with van der Waals surface area (Å²) >= 11 is 13.3. The van der Waals surface area contributed by atoms with Gasteiger partial charge in [-0.3, -0.25) is 4.72 Å². The average molecular weight is 389 g/mol. The maximum atomic E-state index is 12.6. The van der Waals surface area contributed by atoms with Crippen molar-refractivity contribution in [1.82, 2.24) is 14.3 Å². The van der Waals surface area contributed by atoms with Gasteiger partial charge in [-0.25, -0.2) is 13.4 Å². The van der Waals surface area contributed by atoms with Crippen molar-refractivity contribution in [2.45, 2.75) is 23.7 Å². The summed E-state index contributed by atoms with van der Waals surface area (Å²) < 4.78 is 31.8. The highest BCUT2D eigenvalue weighted by Gasteiger charge is 2.31. The second kappa shape index (κ2) is 5.34. The minimum absolute atomic E-state index is 0.0775. The van der Waals surface area contributed by atoms with Crippen LogP contribution in [0, 0.1) is 0 Å². The van der Waals surface area contributed by atoms with Crippen LogP contribution in [0.25, 0.3) is 11.0 Å². The maximum Gasteiger partial charge on any atom is 0.265 e. The average Bonchev–Trinajstić information content (AvgIpc) is 3.15. The summed E-state index contributed by atoms with van der Waals surface area (Å²) in [6.07, 6.45) is 3.52. The predicted octanol–water partition coefficient (Wildman–Crippen LogP) is 4.00. The lowest BCUT2D eigenvalue weighted by Crippen LogP contribution is -2.13. The molecular weight excluding hydrogens is 379 g/mol. The summed E-state index contributed by atoms with van der Waals surface area (Å²) in [4.78, 5) is 7.87. The molecule has 3 aromatic heterocycles. The zero-order chi connectivity index (χ0) is 16.2. The van der Waals surface area contributed by atoms with Crippen LogP contribution in [0.2, 0.25) is 10.2 Å². The van der Waals surface area contributed by atoms with Gasteiger partial charge in [0.15, 0.2) is 5.82 Å². The maximum absolute atomic E-state index is 12.6. The van der Waals surface area contributed by atoms with E-state index in [1.54, 1.807) is 6.07 Å². The molecule has 10 heteroatoms. The van der Waals surface area contributed by atoms with Crippen molar-refractivity contribution in [2.75, 3.05) is 4.72 Å². The molecule has 1 saturated carbocycles. The standard InChI is InChI=1S/C13H10Cl2N4O2S2/c14-9-4-3-7-8(5-16-12(7)17-9)23(20,21)19-13-10(15)11(22-18-13)6-1-2-6/h3-6H,1-2H2,(H,16,17)(H,18,19). The third-order valence-corrected chi connectivity index (χ3v) is 6.69. The van der Waals surface area contributed by atoms with Crippen molar-refractivity contribution in [3.63, 3.8) is 0 Å². The van der Waals surface area contributed by atoms with Crippen LogP contribution in [0.4, 0.5) is 5.82 Å². The van der Waals surface area contributed by atoms with Gasteiger partial charge in [-0.2, -0.15) is 4.37 Å². The number of aromatic nitrogens is 3. The first-order valence-electron chi connectivity index (χ1n) is 6.77. The summed E-state index contributed by atoms with van der Waals surface area (Å²) in [5, 5.41) is 1.13. The fourth-order valence-corrected chi connectivity index (χ4v) is 5.04. The summed E-state index contributed by atoms with van der Waals surface area (Å²) in [7, 11) is -3.83. The van der Waals surface area contributed by atoms with E-state index in [9.17, 15) is 8.42 Å². The van der Waals surface area contributed by atoms with Crippen LogP contribution in [0.5, 0.6) is 0 Å². The molecule has 3 heterocycles. The number of fused-ring (bicyclic) bond motifs is 1. The van der Waals surface area contributed by atoms with E-state index in [1.807, 2.05) is 0 Å². The van der Waals surface area contributed by atoms with Crippen molar-refractivity contribution in [3.8, 4) is 0 Å². The van der Waals surface area contributed by atoms with Crippen molar-refractivity contribution >= 4 is 61.6 Å². The van der Waals surface area contributed by atoms with Crippen molar-refractivity contribution in [2.24, 2.45) is 0 Å². The summed E-state index contributed by atoms with van der Waals surface area (Å²) in [6.45, 7) is 0. The lowest BCUT2D eigenvalue weighted by atomic mass is 10.3. The van der Waals surface area contributed by atoms with E-state index in [0.717, 1.165) is 17.7 Å². The fourth-order valence-electron chi connectivity index (χ4n) is 2.31. The molecule has 0 atom stereocenters. The first-order chi connectivity index (χ1) is 11.0. The van der Waals surface area contributed by atoms with Gasteiger partial charge in [0.2, 0.25) is 0 Å². The molecule has 0 aliphatic heterocycles. The van der Waals surface area contributed by atoms with E-state index >= 15 is 0 Å². The normalized spacial score (nSPS) is 15.2. The monoisotopic (exact) mass is 388 g/mol. The topological polar surface area (TPSA) is 87.7 Å². The third kappa shape index (κ3) is 2.69. The molecule has 0 amide bonds. The third-order valence-electron chi connectivity index (χ3n) is 3.59. The molecule has 1 aliphatic rings.